The van der Waals surface area contributed by atoms with Crippen molar-refractivity contribution in [3.63, 3.8) is 0 Å². The molecule has 0 bridgehead atoms. The van der Waals surface area contributed by atoms with Crippen molar-refractivity contribution in [3.8, 4) is 0 Å². The monoisotopic (exact) mass is 355 g/mol. The summed E-state index contributed by atoms with van der Waals surface area (Å²) in [5.41, 5.74) is 2.14. The molecule has 0 atom stereocenters. The number of furan rings is 1. The lowest BCUT2D eigenvalue weighted by molar-refractivity contribution is 0.503. The summed E-state index contributed by atoms with van der Waals surface area (Å²) in [6.45, 7) is 2.95. The van der Waals surface area contributed by atoms with E-state index in [0.29, 0.717) is 18.0 Å². The van der Waals surface area contributed by atoms with Crippen LogP contribution in [0.15, 0.2) is 82.3 Å². The second kappa shape index (κ2) is 7.57. The Hall–Kier alpha value is -2.53. The predicted octanol–water partition coefficient (Wildman–Crippen LogP) is 4.07. The van der Waals surface area contributed by atoms with Crippen molar-refractivity contribution >= 4 is 15.5 Å². The van der Waals surface area contributed by atoms with Crippen LogP contribution in [0.2, 0.25) is 0 Å². The Kier molecular flexibility index (Phi) is 5.24. The molecule has 5 heteroatoms. The van der Waals surface area contributed by atoms with Crippen LogP contribution in [-0.4, -0.2) is 20.7 Å². The van der Waals surface area contributed by atoms with Crippen LogP contribution in [0.3, 0.4) is 0 Å². The Morgan fingerprint density at radius 2 is 1.64 bits per heavy atom. The Labute approximate surface area is 148 Å². The maximum Gasteiger partial charge on any atom is 0.180 e. The van der Waals surface area contributed by atoms with Crippen molar-refractivity contribution < 1.29 is 12.8 Å². The zero-order valence-corrected chi connectivity index (χ0v) is 14.9. The van der Waals surface area contributed by atoms with E-state index in [0.717, 1.165) is 11.4 Å². The van der Waals surface area contributed by atoms with E-state index in [4.69, 9.17) is 4.42 Å². The van der Waals surface area contributed by atoms with E-state index >= 15 is 0 Å². The summed E-state index contributed by atoms with van der Waals surface area (Å²) in [5.74, 6) is 0.851. The molecule has 3 aromatic rings. The van der Waals surface area contributed by atoms with E-state index in [1.807, 2.05) is 54.3 Å². The summed E-state index contributed by atoms with van der Waals surface area (Å²) < 4.78 is 30.6. The Morgan fingerprint density at radius 3 is 2.28 bits per heavy atom. The summed E-state index contributed by atoms with van der Waals surface area (Å²) in [7, 11) is -3.32. The lowest BCUT2D eigenvalue weighted by atomic mass is 10.2. The molecule has 0 amide bonds. The minimum Gasteiger partial charge on any atom is -0.467 e. The van der Waals surface area contributed by atoms with Gasteiger partial charge in [0.1, 0.15) is 5.76 Å². The fraction of sp³-hybridized carbons (Fsp3) is 0.200. The first-order chi connectivity index (χ1) is 12.0. The minimum absolute atomic E-state index is 0.0472. The zero-order valence-electron chi connectivity index (χ0n) is 14.1. The number of benzene rings is 2. The highest BCUT2D eigenvalue weighted by atomic mass is 32.2. The highest BCUT2D eigenvalue weighted by Gasteiger charge is 2.17. The Bertz CT molecular complexity index is 886. The van der Waals surface area contributed by atoms with E-state index < -0.39 is 9.84 Å². The van der Waals surface area contributed by atoms with Gasteiger partial charge in [0.2, 0.25) is 0 Å². The molecule has 130 valence electrons. The van der Waals surface area contributed by atoms with Gasteiger partial charge in [-0.15, -0.1) is 0 Å². The van der Waals surface area contributed by atoms with Crippen molar-refractivity contribution in [2.75, 3.05) is 17.2 Å². The molecule has 25 heavy (non-hydrogen) atoms. The molecule has 0 unspecified atom stereocenters. The molecule has 0 aliphatic carbocycles. The van der Waals surface area contributed by atoms with Gasteiger partial charge in [-0.25, -0.2) is 8.42 Å². The molecule has 1 heterocycles. The van der Waals surface area contributed by atoms with Gasteiger partial charge in [-0.2, -0.15) is 0 Å². The molecular weight excluding hydrogens is 334 g/mol. The van der Waals surface area contributed by atoms with Gasteiger partial charge in [0.15, 0.2) is 9.84 Å². The molecular formula is C20H21NO3S. The lowest BCUT2D eigenvalue weighted by Crippen LogP contribution is -2.29. The van der Waals surface area contributed by atoms with Gasteiger partial charge in [-0.05, 0) is 43.3 Å². The summed E-state index contributed by atoms with van der Waals surface area (Å²) in [6, 6.07) is 20.4. The van der Waals surface area contributed by atoms with Crippen molar-refractivity contribution in [2.45, 2.75) is 18.4 Å². The van der Waals surface area contributed by atoms with Gasteiger partial charge in [-0.3, -0.25) is 0 Å². The van der Waals surface area contributed by atoms with Gasteiger partial charge in [-0.1, -0.05) is 35.9 Å². The number of rotatable bonds is 7. The largest absolute Gasteiger partial charge is 0.467 e. The van der Waals surface area contributed by atoms with E-state index in [1.165, 1.54) is 5.56 Å². The standard InChI is InChI=1S/C20H21NO3S/c1-17-9-11-18(12-10-17)21(16-19-6-5-14-24-19)13-15-25(22,23)20-7-3-2-4-8-20/h2-12,14H,13,15-16H2,1H3. The first-order valence-corrected chi connectivity index (χ1v) is 9.82. The first-order valence-electron chi connectivity index (χ1n) is 8.16. The van der Waals surface area contributed by atoms with Crippen molar-refractivity contribution in [3.05, 3.63) is 84.3 Å². The van der Waals surface area contributed by atoms with Gasteiger partial charge >= 0.3 is 0 Å². The molecule has 0 saturated heterocycles. The molecule has 0 radical (unpaired) electrons. The summed E-state index contributed by atoms with van der Waals surface area (Å²) in [6.07, 6.45) is 1.63. The lowest BCUT2D eigenvalue weighted by Gasteiger charge is -2.24. The fourth-order valence-corrected chi connectivity index (χ4v) is 3.89. The van der Waals surface area contributed by atoms with Crippen molar-refractivity contribution in [2.24, 2.45) is 0 Å². The molecule has 0 spiro atoms. The normalized spacial score (nSPS) is 11.4. The minimum atomic E-state index is -3.32. The number of aryl methyl sites for hydroxylation is 1. The molecule has 0 fully saturated rings. The molecule has 4 nitrogen and oxygen atoms in total. The molecule has 0 saturated carbocycles. The number of hydrogen-bond donors (Lipinski definition) is 0. The average Bonchev–Trinajstić information content (AvgIpc) is 3.13. The van der Waals surface area contributed by atoms with Crippen molar-refractivity contribution in [1.29, 1.82) is 0 Å². The molecule has 2 aromatic carbocycles. The average molecular weight is 355 g/mol. The molecule has 0 aliphatic heterocycles. The van der Waals surface area contributed by atoms with E-state index in [-0.39, 0.29) is 5.75 Å². The third kappa shape index (κ3) is 4.51. The second-order valence-corrected chi connectivity index (χ2v) is 8.08. The molecule has 1 aromatic heterocycles. The summed E-state index contributed by atoms with van der Waals surface area (Å²) >= 11 is 0. The van der Waals surface area contributed by atoms with Gasteiger partial charge in [0.05, 0.1) is 23.5 Å². The van der Waals surface area contributed by atoms with E-state index in [1.54, 1.807) is 30.5 Å². The van der Waals surface area contributed by atoms with Crippen molar-refractivity contribution in [1.82, 2.24) is 0 Å². The fourth-order valence-electron chi connectivity index (χ4n) is 2.62. The molecule has 0 N–H and O–H groups in total. The van der Waals surface area contributed by atoms with Crippen LogP contribution < -0.4 is 4.90 Å². The third-order valence-corrected chi connectivity index (χ3v) is 5.77. The SMILES string of the molecule is Cc1ccc(N(CCS(=O)(=O)c2ccccc2)Cc2ccco2)cc1. The molecule has 3 rings (SSSR count). The number of anilines is 1. The number of hydrogen-bond acceptors (Lipinski definition) is 4. The van der Waals surface area contributed by atoms with E-state index in [2.05, 4.69) is 0 Å². The van der Waals surface area contributed by atoms with Crippen LogP contribution >= 0.6 is 0 Å². The maximum absolute atomic E-state index is 12.6. The van der Waals surface area contributed by atoms with Crippen LogP contribution in [0.4, 0.5) is 5.69 Å². The van der Waals surface area contributed by atoms with Crippen LogP contribution in [0, 0.1) is 6.92 Å². The maximum atomic E-state index is 12.6. The first kappa shape index (κ1) is 17.3. The molecule has 0 aliphatic rings. The quantitative estimate of drug-likeness (QED) is 0.641. The number of nitrogens with zero attached hydrogens (tertiary/aromatic N) is 1. The third-order valence-electron chi connectivity index (χ3n) is 4.06. The van der Waals surface area contributed by atoms with Crippen LogP contribution in [-0.2, 0) is 16.4 Å². The number of sulfone groups is 1. The highest BCUT2D eigenvalue weighted by Crippen LogP contribution is 2.19. The summed E-state index contributed by atoms with van der Waals surface area (Å²) in [5, 5.41) is 0. The van der Waals surface area contributed by atoms with Crippen LogP contribution in [0.5, 0.6) is 0 Å². The van der Waals surface area contributed by atoms with Gasteiger partial charge < -0.3 is 9.32 Å². The van der Waals surface area contributed by atoms with Gasteiger partial charge in [0.25, 0.3) is 0 Å². The Morgan fingerprint density at radius 1 is 0.920 bits per heavy atom. The highest BCUT2D eigenvalue weighted by molar-refractivity contribution is 7.91. The topological polar surface area (TPSA) is 50.5 Å². The zero-order chi connectivity index (χ0) is 17.7. The summed E-state index contributed by atoms with van der Waals surface area (Å²) in [4.78, 5) is 2.38. The van der Waals surface area contributed by atoms with E-state index in [9.17, 15) is 8.42 Å². The smallest absolute Gasteiger partial charge is 0.180 e. The Balaban J connectivity index is 1.79. The van der Waals surface area contributed by atoms with Gasteiger partial charge in [0, 0.05) is 12.2 Å². The second-order valence-electron chi connectivity index (χ2n) is 5.97. The predicted molar refractivity (Wildman–Crippen MR) is 99.4 cm³/mol. The van der Waals surface area contributed by atoms with Crippen LogP contribution in [0.25, 0.3) is 0 Å². The van der Waals surface area contributed by atoms with Crippen LogP contribution in [0.1, 0.15) is 11.3 Å².